The molecule has 2 aliphatic rings. The van der Waals surface area contributed by atoms with Crippen molar-refractivity contribution < 1.29 is 4.74 Å². The minimum absolute atomic E-state index is 0.109. The SMILES string of the molecule is CC1COC2(CCCCN(C)C2)CN1. The molecule has 0 aliphatic carbocycles. The molecule has 2 rings (SSSR count). The van der Waals surface area contributed by atoms with Crippen LogP contribution in [0.25, 0.3) is 0 Å². The quantitative estimate of drug-likeness (QED) is 0.624. The standard InChI is InChI=1S/C11H22N2O/c1-10-7-14-11(8-12-10)5-3-4-6-13(2)9-11/h10,12H,3-9H2,1-2H3. The normalized spacial score (nSPS) is 41.1. The van der Waals surface area contributed by atoms with E-state index in [0.29, 0.717) is 6.04 Å². The molecule has 0 saturated carbocycles. The van der Waals surface area contributed by atoms with Gasteiger partial charge in [0.05, 0.1) is 12.2 Å². The second-order valence-electron chi connectivity index (χ2n) is 4.97. The van der Waals surface area contributed by atoms with Gasteiger partial charge in [-0.2, -0.15) is 0 Å². The van der Waals surface area contributed by atoms with E-state index in [2.05, 4.69) is 24.2 Å². The highest BCUT2D eigenvalue weighted by Crippen LogP contribution is 2.26. The van der Waals surface area contributed by atoms with Crippen LogP contribution in [0.3, 0.4) is 0 Å². The molecule has 0 radical (unpaired) electrons. The van der Waals surface area contributed by atoms with Crippen molar-refractivity contribution in [3.63, 3.8) is 0 Å². The van der Waals surface area contributed by atoms with Gasteiger partial charge in [0.15, 0.2) is 0 Å². The van der Waals surface area contributed by atoms with Gasteiger partial charge in [-0.15, -0.1) is 0 Å². The second-order valence-corrected chi connectivity index (χ2v) is 4.97. The Bertz CT molecular complexity index is 188. The third-order valence-electron chi connectivity index (χ3n) is 3.39. The van der Waals surface area contributed by atoms with Crippen LogP contribution in [0.5, 0.6) is 0 Å². The summed E-state index contributed by atoms with van der Waals surface area (Å²) in [6.07, 6.45) is 3.84. The predicted molar refractivity (Wildman–Crippen MR) is 57.5 cm³/mol. The average molecular weight is 198 g/mol. The fraction of sp³-hybridized carbons (Fsp3) is 1.00. The number of ether oxygens (including phenoxy) is 1. The number of rotatable bonds is 0. The smallest absolute Gasteiger partial charge is 0.0933 e. The van der Waals surface area contributed by atoms with Gasteiger partial charge in [0.25, 0.3) is 0 Å². The zero-order chi connectivity index (χ0) is 10.0. The molecule has 1 spiro atoms. The number of nitrogens with zero attached hydrogens (tertiary/aromatic N) is 1. The number of hydrogen-bond acceptors (Lipinski definition) is 3. The maximum absolute atomic E-state index is 6.06. The molecule has 82 valence electrons. The summed E-state index contributed by atoms with van der Waals surface area (Å²) in [7, 11) is 2.20. The molecule has 0 aromatic carbocycles. The Labute approximate surface area is 86.8 Å². The molecule has 2 unspecified atom stereocenters. The van der Waals surface area contributed by atoms with Crippen LogP contribution >= 0.6 is 0 Å². The lowest BCUT2D eigenvalue weighted by molar-refractivity contribution is -0.0936. The Morgan fingerprint density at radius 3 is 3.00 bits per heavy atom. The molecule has 2 atom stereocenters. The zero-order valence-corrected chi connectivity index (χ0v) is 9.38. The van der Waals surface area contributed by atoms with E-state index in [1.54, 1.807) is 0 Å². The number of hydrogen-bond donors (Lipinski definition) is 1. The minimum Gasteiger partial charge on any atom is -0.371 e. The van der Waals surface area contributed by atoms with E-state index in [9.17, 15) is 0 Å². The Morgan fingerprint density at radius 2 is 2.29 bits per heavy atom. The van der Waals surface area contributed by atoms with Gasteiger partial charge in [-0.05, 0) is 39.8 Å². The van der Waals surface area contributed by atoms with E-state index < -0.39 is 0 Å². The highest BCUT2D eigenvalue weighted by atomic mass is 16.5. The monoisotopic (exact) mass is 198 g/mol. The summed E-state index contributed by atoms with van der Waals surface area (Å²) in [4.78, 5) is 2.41. The summed E-state index contributed by atoms with van der Waals surface area (Å²) in [5, 5.41) is 3.54. The Balaban J connectivity index is 1.98. The van der Waals surface area contributed by atoms with E-state index >= 15 is 0 Å². The molecule has 14 heavy (non-hydrogen) atoms. The molecule has 2 saturated heterocycles. The molecule has 2 fully saturated rings. The van der Waals surface area contributed by atoms with Gasteiger partial charge in [-0.25, -0.2) is 0 Å². The summed E-state index contributed by atoms with van der Waals surface area (Å²) in [6, 6.07) is 0.522. The van der Waals surface area contributed by atoms with Crippen molar-refractivity contribution in [1.29, 1.82) is 0 Å². The summed E-state index contributed by atoms with van der Waals surface area (Å²) < 4.78 is 6.06. The van der Waals surface area contributed by atoms with Crippen molar-refractivity contribution in [3.8, 4) is 0 Å². The Hall–Kier alpha value is -0.120. The maximum atomic E-state index is 6.06. The van der Waals surface area contributed by atoms with E-state index in [1.165, 1.54) is 25.8 Å². The number of likely N-dealkylation sites (N-methyl/N-ethyl adjacent to an activating group) is 1. The summed E-state index contributed by atoms with van der Waals surface area (Å²) in [6.45, 7) is 6.40. The van der Waals surface area contributed by atoms with Crippen LogP contribution in [0.1, 0.15) is 26.2 Å². The number of likely N-dealkylation sites (tertiary alicyclic amines) is 1. The van der Waals surface area contributed by atoms with Gasteiger partial charge in [-0.3, -0.25) is 0 Å². The lowest BCUT2D eigenvalue weighted by Gasteiger charge is -2.41. The number of morpholine rings is 1. The van der Waals surface area contributed by atoms with E-state index in [-0.39, 0.29) is 5.60 Å². The van der Waals surface area contributed by atoms with Gasteiger partial charge in [0.2, 0.25) is 0 Å². The van der Waals surface area contributed by atoms with Gasteiger partial charge >= 0.3 is 0 Å². The molecule has 2 heterocycles. The van der Waals surface area contributed by atoms with Crippen LogP contribution in [0.2, 0.25) is 0 Å². The molecule has 2 aliphatic heterocycles. The third kappa shape index (κ3) is 2.27. The van der Waals surface area contributed by atoms with Gasteiger partial charge in [-0.1, -0.05) is 0 Å². The molecule has 0 aromatic rings. The highest BCUT2D eigenvalue weighted by Gasteiger charge is 2.36. The number of nitrogens with one attached hydrogen (secondary N) is 1. The van der Waals surface area contributed by atoms with E-state index in [4.69, 9.17) is 4.74 Å². The minimum atomic E-state index is 0.109. The summed E-state index contributed by atoms with van der Waals surface area (Å²) in [5.41, 5.74) is 0.109. The van der Waals surface area contributed by atoms with Crippen molar-refractivity contribution in [2.45, 2.75) is 37.8 Å². The van der Waals surface area contributed by atoms with Crippen LogP contribution in [0, 0.1) is 0 Å². The lowest BCUT2D eigenvalue weighted by atomic mass is 9.95. The van der Waals surface area contributed by atoms with Gasteiger partial charge in [0, 0.05) is 19.1 Å². The molecule has 3 heteroatoms. The maximum Gasteiger partial charge on any atom is 0.0933 e. The van der Waals surface area contributed by atoms with E-state index in [0.717, 1.165) is 19.7 Å². The summed E-state index contributed by atoms with van der Waals surface area (Å²) in [5.74, 6) is 0. The van der Waals surface area contributed by atoms with Crippen molar-refractivity contribution in [3.05, 3.63) is 0 Å². The van der Waals surface area contributed by atoms with Gasteiger partial charge < -0.3 is 15.0 Å². The van der Waals surface area contributed by atoms with Crippen molar-refractivity contribution in [2.24, 2.45) is 0 Å². The van der Waals surface area contributed by atoms with Crippen LogP contribution in [0.4, 0.5) is 0 Å². The first-order valence-electron chi connectivity index (χ1n) is 5.76. The average Bonchev–Trinajstić information content (AvgIpc) is 2.34. The van der Waals surface area contributed by atoms with Crippen LogP contribution in [-0.4, -0.2) is 49.8 Å². The molecule has 1 N–H and O–H groups in total. The first-order chi connectivity index (χ1) is 6.70. The van der Waals surface area contributed by atoms with Gasteiger partial charge in [0.1, 0.15) is 0 Å². The van der Waals surface area contributed by atoms with Crippen LogP contribution in [-0.2, 0) is 4.74 Å². The predicted octanol–water partition coefficient (Wildman–Crippen LogP) is 0.849. The molecule has 0 amide bonds. The topological polar surface area (TPSA) is 24.5 Å². The van der Waals surface area contributed by atoms with Crippen LogP contribution < -0.4 is 5.32 Å². The first kappa shape index (κ1) is 10.4. The molecule has 3 nitrogen and oxygen atoms in total. The van der Waals surface area contributed by atoms with E-state index in [1.807, 2.05) is 0 Å². The molecule has 0 bridgehead atoms. The molecular weight excluding hydrogens is 176 g/mol. The largest absolute Gasteiger partial charge is 0.371 e. The van der Waals surface area contributed by atoms with Crippen molar-refractivity contribution >= 4 is 0 Å². The first-order valence-corrected chi connectivity index (χ1v) is 5.76. The fourth-order valence-electron chi connectivity index (χ4n) is 2.51. The van der Waals surface area contributed by atoms with Crippen LogP contribution in [0.15, 0.2) is 0 Å². The highest BCUT2D eigenvalue weighted by molar-refractivity contribution is 4.92. The molecule has 0 aromatic heterocycles. The lowest BCUT2D eigenvalue weighted by Crippen LogP contribution is -2.57. The zero-order valence-electron chi connectivity index (χ0n) is 9.38. The third-order valence-corrected chi connectivity index (χ3v) is 3.39. The second kappa shape index (κ2) is 4.17. The fourth-order valence-corrected chi connectivity index (χ4v) is 2.51. The Morgan fingerprint density at radius 1 is 1.43 bits per heavy atom. The summed E-state index contributed by atoms with van der Waals surface area (Å²) >= 11 is 0. The van der Waals surface area contributed by atoms with Crippen molar-refractivity contribution in [2.75, 3.05) is 33.3 Å². The molecular formula is C11H22N2O. The Kier molecular flexibility index (Phi) is 3.10. The van der Waals surface area contributed by atoms with Crippen molar-refractivity contribution in [1.82, 2.24) is 10.2 Å².